The number of hydrogen-bond acceptors (Lipinski definition) is 2. The van der Waals surface area contributed by atoms with Crippen molar-refractivity contribution >= 4 is 0 Å². The molecule has 2 unspecified atom stereocenters. The highest BCUT2D eigenvalue weighted by Gasteiger charge is 2.30. The minimum absolute atomic E-state index is 0.0702. The van der Waals surface area contributed by atoms with Crippen LogP contribution in [0.4, 0.5) is 13.2 Å². The van der Waals surface area contributed by atoms with E-state index < -0.39 is 17.8 Å². The fourth-order valence-corrected chi connectivity index (χ4v) is 2.43. The van der Waals surface area contributed by atoms with Crippen molar-refractivity contribution in [2.24, 2.45) is 0 Å². The summed E-state index contributed by atoms with van der Waals surface area (Å²) in [6.07, 6.45) is -0.985. The van der Waals surface area contributed by atoms with Crippen molar-refractivity contribution in [3.05, 3.63) is 35.4 Å². The van der Waals surface area contributed by atoms with E-state index in [2.05, 4.69) is 5.32 Å². The molecule has 0 aromatic heterocycles. The summed E-state index contributed by atoms with van der Waals surface area (Å²) in [7, 11) is 0. The third kappa shape index (κ3) is 3.70. The molecule has 19 heavy (non-hydrogen) atoms. The maximum atomic E-state index is 12.5. The lowest BCUT2D eigenvalue weighted by molar-refractivity contribution is -0.137. The average Bonchev–Trinajstić information content (AvgIpc) is 2.66. The first kappa shape index (κ1) is 14.3. The standard InChI is InChI=1S/C14H18F3NO/c15-14(16,17)11-7-5-10(6-8-11)13(19)12-4-2-1-3-9-18-12/h5-8,12-13,18-19H,1-4,9H2. The minimum Gasteiger partial charge on any atom is -0.387 e. The van der Waals surface area contributed by atoms with E-state index in [1.165, 1.54) is 12.1 Å². The second-order valence-electron chi connectivity index (χ2n) is 4.97. The van der Waals surface area contributed by atoms with Gasteiger partial charge in [-0.3, -0.25) is 0 Å². The van der Waals surface area contributed by atoms with Crippen LogP contribution in [-0.4, -0.2) is 17.7 Å². The molecule has 0 amide bonds. The molecule has 1 heterocycles. The van der Waals surface area contributed by atoms with Gasteiger partial charge in [0.05, 0.1) is 11.7 Å². The molecule has 1 aliphatic rings. The first-order chi connectivity index (χ1) is 8.98. The van der Waals surface area contributed by atoms with Gasteiger partial charge >= 0.3 is 6.18 Å². The number of nitrogens with one attached hydrogen (secondary N) is 1. The van der Waals surface area contributed by atoms with Crippen molar-refractivity contribution in [1.29, 1.82) is 0 Å². The maximum absolute atomic E-state index is 12.5. The first-order valence-electron chi connectivity index (χ1n) is 6.57. The molecule has 5 heteroatoms. The quantitative estimate of drug-likeness (QED) is 0.866. The number of halogens is 3. The van der Waals surface area contributed by atoms with Gasteiger partial charge in [-0.25, -0.2) is 0 Å². The highest BCUT2D eigenvalue weighted by Crippen LogP contribution is 2.31. The summed E-state index contributed by atoms with van der Waals surface area (Å²) in [5.74, 6) is 0. The van der Waals surface area contributed by atoms with Gasteiger partial charge in [0.25, 0.3) is 0 Å². The number of alkyl halides is 3. The van der Waals surface area contributed by atoms with Gasteiger partial charge in [0, 0.05) is 6.04 Å². The van der Waals surface area contributed by atoms with Crippen LogP contribution in [-0.2, 0) is 6.18 Å². The van der Waals surface area contributed by atoms with Gasteiger partial charge in [0.1, 0.15) is 0 Å². The largest absolute Gasteiger partial charge is 0.416 e. The lowest BCUT2D eigenvalue weighted by atomic mass is 9.97. The smallest absolute Gasteiger partial charge is 0.387 e. The van der Waals surface area contributed by atoms with Gasteiger partial charge in [-0.05, 0) is 37.1 Å². The van der Waals surface area contributed by atoms with Gasteiger partial charge in [-0.15, -0.1) is 0 Å². The highest BCUT2D eigenvalue weighted by atomic mass is 19.4. The molecule has 0 aliphatic carbocycles. The number of rotatable bonds is 2. The van der Waals surface area contributed by atoms with Crippen LogP contribution in [0.2, 0.25) is 0 Å². The molecule has 0 saturated carbocycles. The van der Waals surface area contributed by atoms with E-state index in [4.69, 9.17) is 0 Å². The van der Waals surface area contributed by atoms with Gasteiger partial charge in [-0.1, -0.05) is 25.0 Å². The Morgan fingerprint density at radius 3 is 2.42 bits per heavy atom. The van der Waals surface area contributed by atoms with Gasteiger partial charge in [-0.2, -0.15) is 13.2 Å². The molecule has 1 aromatic carbocycles. The van der Waals surface area contributed by atoms with Crippen LogP contribution >= 0.6 is 0 Å². The van der Waals surface area contributed by atoms with E-state index in [9.17, 15) is 18.3 Å². The summed E-state index contributed by atoms with van der Waals surface area (Å²) in [4.78, 5) is 0. The van der Waals surface area contributed by atoms with Crippen molar-refractivity contribution < 1.29 is 18.3 Å². The molecule has 2 rings (SSSR count). The van der Waals surface area contributed by atoms with Crippen molar-refractivity contribution in [2.45, 2.75) is 44.0 Å². The molecule has 1 aliphatic heterocycles. The van der Waals surface area contributed by atoms with E-state index in [0.29, 0.717) is 5.56 Å². The van der Waals surface area contributed by atoms with Crippen LogP contribution < -0.4 is 5.32 Å². The molecule has 1 fully saturated rings. The van der Waals surface area contributed by atoms with E-state index in [-0.39, 0.29) is 6.04 Å². The van der Waals surface area contributed by atoms with Crippen molar-refractivity contribution in [3.63, 3.8) is 0 Å². The van der Waals surface area contributed by atoms with Crippen LogP contribution in [0.15, 0.2) is 24.3 Å². The third-order valence-electron chi connectivity index (χ3n) is 3.56. The van der Waals surface area contributed by atoms with E-state index in [0.717, 1.165) is 44.4 Å². The summed E-state index contributed by atoms with van der Waals surface area (Å²) in [5, 5.41) is 13.5. The Morgan fingerprint density at radius 2 is 1.79 bits per heavy atom. The number of aliphatic hydroxyl groups is 1. The van der Waals surface area contributed by atoms with Crippen LogP contribution in [0.1, 0.15) is 42.9 Å². The van der Waals surface area contributed by atoms with E-state index >= 15 is 0 Å². The monoisotopic (exact) mass is 273 g/mol. The summed E-state index contributed by atoms with van der Waals surface area (Å²) >= 11 is 0. The third-order valence-corrected chi connectivity index (χ3v) is 3.56. The molecule has 2 N–H and O–H groups in total. The van der Waals surface area contributed by atoms with E-state index in [1.54, 1.807) is 0 Å². The molecule has 2 atom stereocenters. The normalized spacial score (nSPS) is 22.8. The molecule has 1 saturated heterocycles. The Labute approximate surface area is 110 Å². The number of benzene rings is 1. The second kappa shape index (κ2) is 5.92. The molecule has 0 radical (unpaired) electrons. The fraction of sp³-hybridized carbons (Fsp3) is 0.571. The Morgan fingerprint density at radius 1 is 1.11 bits per heavy atom. The van der Waals surface area contributed by atoms with Gasteiger partial charge < -0.3 is 10.4 Å². The number of hydrogen-bond donors (Lipinski definition) is 2. The SMILES string of the molecule is OC(c1ccc(C(F)(F)F)cc1)C1CCCCCN1. The Hall–Kier alpha value is -1.07. The molecule has 0 bridgehead atoms. The molecule has 1 aromatic rings. The highest BCUT2D eigenvalue weighted by molar-refractivity contribution is 5.26. The maximum Gasteiger partial charge on any atom is 0.416 e. The molecular weight excluding hydrogens is 255 g/mol. The van der Waals surface area contributed by atoms with Crippen LogP contribution in [0.3, 0.4) is 0 Å². The topological polar surface area (TPSA) is 32.3 Å². The Kier molecular flexibility index (Phi) is 4.47. The second-order valence-corrected chi connectivity index (χ2v) is 4.97. The lowest BCUT2D eigenvalue weighted by Gasteiger charge is -2.23. The fourth-order valence-electron chi connectivity index (χ4n) is 2.43. The lowest BCUT2D eigenvalue weighted by Crippen LogP contribution is -2.34. The van der Waals surface area contributed by atoms with Gasteiger partial charge in [0.15, 0.2) is 0 Å². The number of aliphatic hydroxyl groups excluding tert-OH is 1. The van der Waals surface area contributed by atoms with E-state index in [1.807, 2.05) is 0 Å². The van der Waals surface area contributed by atoms with Gasteiger partial charge in [0.2, 0.25) is 0 Å². The van der Waals surface area contributed by atoms with Crippen molar-refractivity contribution in [2.75, 3.05) is 6.54 Å². The predicted octanol–water partition coefficient (Wildman–Crippen LogP) is 3.27. The summed E-state index contributed by atoms with van der Waals surface area (Å²) < 4.78 is 37.4. The zero-order valence-electron chi connectivity index (χ0n) is 10.6. The zero-order valence-corrected chi connectivity index (χ0v) is 10.6. The molecule has 0 spiro atoms. The van der Waals surface area contributed by atoms with Crippen molar-refractivity contribution in [1.82, 2.24) is 5.32 Å². The summed E-state index contributed by atoms with van der Waals surface area (Å²) in [5.41, 5.74) is -0.148. The van der Waals surface area contributed by atoms with Crippen LogP contribution in [0, 0.1) is 0 Å². The average molecular weight is 273 g/mol. The zero-order chi connectivity index (χ0) is 13.9. The molecule has 106 valence electrons. The molecular formula is C14H18F3NO. The van der Waals surface area contributed by atoms with Crippen LogP contribution in [0.5, 0.6) is 0 Å². The Bertz CT molecular complexity index is 394. The van der Waals surface area contributed by atoms with Crippen LogP contribution in [0.25, 0.3) is 0 Å². The first-order valence-corrected chi connectivity index (χ1v) is 6.57. The minimum atomic E-state index is -4.33. The van der Waals surface area contributed by atoms with Crippen molar-refractivity contribution in [3.8, 4) is 0 Å². The summed E-state index contributed by atoms with van der Waals surface area (Å²) in [6, 6.07) is 4.70. The predicted molar refractivity (Wildman–Crippen MR) is 66.7 cm³/mol. The Balaban J connectivity index is 2.08. The summed E-state index contributed by atoms with van der Waals surface area (Å²) in [6.45, 7) is 0.850. The molecule has 2 nitrogen and oxygen atoms in total.